The third-order valence-electron chi connectivity index (χ3n) is 2.34. The lowest BCUT2D eigenvalue weighted by molar-refractivity contribution is -0.109. The Labute approximate surface area is 110 Å². The number of carbonyl (C=O) groups excluding carboxylic acids is 1. The van der Waals surface area contributed by atoms with Crippen molar-refractivity contribution in [2.24, 2.45) is 0 Å². The number of rotatable bonds is 3. The second kappa shape index (κ2) is 5.60. The summed E-state index contributed by atoms with van der Waals surface area (Å²) < 4.78 is 5.42. The van der Waals surface area contributed by atoms with Crippen LogP contribution in [0.25, 0.3) is 11.1 Å². The third-order valence-corrected chi connectivity index (χ3v) is 2.83. The van der Waals surface area contributed by atoms with Gasteiger partial charge >= 0.3 is 0 Å². The van der Waals surface area contributed by atoms with Gasteiger partial charge in [0.2, 0.25) is 5.12 Å². The number of benzene rings is 2. The summed E-state index contributed by atoms with van der Waals surface area (Å²) in [5.41, 5.74) is 8.34. The number of nitrogens with two attached hydrogens (primary N) is 1. The molecule has 2 aromatic carbocycles. The first-order chi connectivity index (χ1) is 8.66. The fourth-order valence-corrected chi connectivity index (χ4v) is 1.92. The van der Waals surface area contributed by atoms with E-state index in [-0.39, 0.29) is 5.12 Å². The summed E-state index contributed by atoms with van der Waals surface area (Å²) in [7, 11) is 0. The van der Waals surface area contributed by atoms with Crippen molar-refractivity contribution in [1.29, 1.82) is 0 Å². The van der Waals surface area contributed by atoms with E-state index in [1.807, 2.05) is 36.4 Å². The minimum atomic E-state index is -0.0918. The van der Waals surface area contributed by atoms with Gasteiger partial charge in [-0.2, -0.15) is 0 Å². The summed E-state index contributed by atoms with van der Waals surface area (Å²) in [6, 6.07) is 15.1. The van der Waals surface area contributed by atoms with Gasteiger partial charge in [0.15, 0.2) is 0 Å². The molecule has 18 heavy (non-hydrogen) atoms. The molecule has 4 heteroatoms. The van der Waals surface area contributed by atoms with Crippen LogP contribution in [0, 0.1) is 0 Å². The van der Waals surface area contributed by atoms with E-state index in [2.05, 4.69) is 0 Å². The van der Waals surface area contributed by atoms with Crippen LogP contribution >= 0.6 is 12.0 Å². The minimum Gasteiger partial charge on any atom is -0.417 e. The first kappa shape index (κ1) is 12.5. The molecule has 0 aromatic heterocycles. The zero-order valence-corrected chi connectivity index (χ0v) is 10.7. The van der Waals surface area contributed by atoms with Crippen LogP contribution in [0.3, 0.4) is 0 Å². The van der Waals surface area contributed by atoms with Gasteiger partial charge in [0.05, 0.1) is 0 Å². The highest BCUT2D eigenvalue weighted by molar-refractivity contribution is 8.09. The first-order valence-corrected chi connectivity index (χ1v) is 6.21. The molecule has 0 unspecified atom stereocenters. The number of nitrogen functional groups attached to an aromatic ring is 1. The predicted molar refractivity (Wildman–Crippen MR) is 75.2 cm³/mol. The van der Waals surface area contributed by atoms with Crippen molar-refractivity contribution in [1.82, 2.24) is 0 Å². The summed E-state index contributed by atoms with van der Waals surface area (Å²) in [5.74, 6) is 0.635. The zero-order valence-electron chi connectivity index (χ0n) is 9.92. The van der Waals surface area contributed by atoms with Gasteiger partial charge in [-0.1, -0.05) is 30.3 Å². The average Bonchev–Trinajstić information content (AvgIpc) is 2.38. The maximum Gasteiger partial charge on any atom is 0.224 e. The van der Waals surface area contributed by atoms with E-state index in [0.717, 1.165) is 23.2 Å². The summed E-state index contributed by atoms with van der Waals surface area (Å²) in [6.45, 7) is 1.46. The molecule has 0 aliphatic rings. The van der Waals surface area contributed by atoms with Crippen molar-refractivity contribution in [3.05, 3.63) is 48.5 Å². The van der Waals surface area contributed by atoms with Crippen LogP contribution in [0.2, 0.25) is 0 Å². The van der Waals surface area contributed by atoms with Crippen LogP contribution < -0.4 is 9.92 Å². The summed E-state index contributed by atoms with van der Waals surface area (Å²) in [6.07, 6.45) is 0. The Bertz CT molecular complexity index is 555. The molecule has 0 aliphatic heterocycles. The van der Waals surface area contributed by atoms with Gasteiger partial charge < -0.3 is 9.92 Å². The van der Waals surface area contributed by atoms with Gasteiger partial charge in [-0.15, -0.1) is 0 Å². The van der Waals surface area contributed by atoms with Crippen molar-refractivity contribution in [3.63, 3.8) is 0 Å². The van der Waals surface area contributed by atoms with E-state index in [1.165, 1.54) is 6.92 Å². The predicted octanol–water partition coefficient (Wildman–Crippen LogP) is 3.51. The van der Waals surface area contributed by atoms with E-state index in [0.29, 0.717) is 11.4 Å². The summed E-state index contributed by atoms with van der Waals surface area (Å²) in [4.78, 5) is 10.9. The first-order valence-electron chi connectivity index (χ1n) is 5.47. The Morgan fingerprint density at radius 2 is 1.89 bits per heavy atom. The van der Waals surface area contributed by atoms with Crippen LogP contribution in [0.4, 0.5) is 5.69 Å². The second-order valence-corrected chi connectivity index (χ2v) is 4.69. The largest absolute Gasteiger partial charge is 0.417 e. The molecule has 0 aliphatic carbocycles. The number of hydrogen-bond donors (Lipinski definition) is 1. The second-order valence-electron chi connectivity index (χ2n) is 3.78. The smallest absolute Gasteiger partial charge is 0.224 e. The molecule has 3 nitrogen and oxygen atoms in total. The Morgan fingerprint density at radius 3 is 2.56 bits per heavy atom. The molecule has 0 bridgehead atoms. The van der Waals surface area contributed by atoms with Crippen LogP contribution in [0.15, 0.2) is 48.5 Å². The molecule has 0 heterocycles. The molecule has 0 fully saturated rings. The van der Waals surface area contributed by atoms with Gasteiger partial charge in [0.1, 0.15) is 17.8 Å². The lowest BCUT2D eigenvalue weighted by atomic mass is 10.0. The van der Waals surface area contributed by atoms with Crippen molar-refractivity contribution in [2.75, 3.05) is 5.73 Å². The highest BCUT2D eigenvalue weighted by Gasteiger charge is 2.08. The molecule has 2 aromatic rings. The van der Waals surface area contributed by atoms with Crippen molar-refractivity contribution < 1.29 is 8.98 Å². The van der Waals surface area contributed by atoms with Gasteiger partial charge in [0, 0.05) is 18.2 Å². The average molecular weight is 259 g/mol. The maximum absolute atomic E-state index is 10.9. The number of anilines is 1. The van der Waals surface area contributed by atoms with Gasteiger partial charge in [-0.3, -0.25) is 4.79 Å². The van der Waals surface area contributed by atoms with Crippen molar-refractivity contribution in [3.8, 4) is 16.9 Å². The van der Waals surface area contributed by atoms with Crippen LogP contribution in [-0.4, -0.2) is 5.12 Å². The fourth-order valence-electron chi connectivity index (χ4n) is 1.57. The van der Waals surface area contributed by atoms with Crippen molar-refractivity contribution in [2.45, 2.75) is 6.92 Å². The van der Waals surface area contributed by atoms with Crippen LogP contribution in [0.1, 0.15) is 6.92 Å². The van der Waals surface area contributed by atoms with Crippen molar-refractivity contribution >= 4 is 22.8 Å². The molecule has 0 saturated carbocycles. The Morgan fingerprint density at radius 1 is 1.17 bits per heavy atom. The molecule has 0 spiro atoms. The summed E-state index contributed by atoms with van der Waals surface area (Å²) in [5, 5.41) is -0.0918. The maximum atomic E-state index is 10.9. The topological polar surface area (TPSA) is 52.3 Å². The van der Waals surface area contributed by atoms with E-state index in [1.54, 1.807) is 12.1 Å². The molecule has 0 radical (unpaired) electrons. The standard InChI is InChI=1S/C14H13NO2S/c1-10(16)18-17-14-8-7-12(15)9-13(14)11-5-3-2-4-6-11/h2-9H,15H2,1H3. The van der Waals surface area contributed by atoms with Crippen LogP contribution in [-0.2, 0) is 4.79 Å². The summed E-state index contributed by atoms with van der Waals surface area (Å²) >= 11 is 0.819. The lowest BCUT2D eigenvalue weighted by Crippen LogP contribution is -1.93. The quantitative estimate of drug-likeness (QED) is 0.677. The highest BCUT2D eigenvalue weighted by Crippen LogP contribution is 2.33. The molecular formula is C14H13NO2S. The minimum absolute atomic E-state index is 0.0918. The van der Waals surface area contributed by atoms with Crippen LogP contribution in [0.5, 0.6) is 5.75 Å². The Kier molecular flexibility index (Phi) is 3.89. The number of hydrogen-bond acceptors (Lipinski definition) is 4. The van der Waals surface area contributed by atoms with E-state index < -0.39 is 0 Å². The lowest BCUT2D eigenvalue weighted by Gasteiger charge is -2.10. The SMILES string of the molecule is CC(=O)SOc1ccc(N)cc1-c1ccccc1. The van der Waals surface area contributed by atoms with E-state index >= 15 is 0 Å². The molecule has 0 atom stereocenters. The Balaban J connectivity index is 2.38. The molecular weight excluding hydrogens is 246 g/mol. The van der Waals surface area contributed by atoms with E-state index in [4.69, 9.17) is 9.92 Å². The van der Waals surface area contributed by atoms with E-state index in [9.17, 15) is 4.79 Å². The van der Waals surface area contributed by atoms with Gasteiger partial charge in [0.25, 0.3) is 0 Å². The molecule has 2 N–H and O–H groups in total. The van der Waals surface area contributed by atoms with Gasteiger partial charge in [-0.05, 0) is 23.8 Å². The molecule has 0 amide bonds. The molecule has 0 saturated heterocycles. The normalized spacial score (nSPS) is 10.1. The highest BCUT2D eigenvalue weighted by atomic mass is 32.2. The fraction of sp³-hybridized carbons (Fsp3) is 0.0714. The van der Waals surface area contributed by atoms with Gasteiger partial charge in [-0.25, -0.2) is 0 Å². The Hall–Kier alpha value is -1.94. The zero-order chi connectivity index (χ0) is 13.0. The third kappa shape index (κ3) is 3.05. The molecule has 2 rings (SSSR count). The molecule has 92 valence electrons. The number of carbonyl (C=O) groups is 1. The monoisotopic (exact) mass is 259 g/mol.